The molecule has 0 fully saturated rings. The van der Waals surface area contributed by atoms with Gasteiger partial charge in [-0.15, -0.1) is 0 Å². The summed E-state index contributed by atoms with van der Waals surface area (Å²) in [5, 5.41) is 13.0. The maximum atomic E-state index is 10.7. The van der Waals surface area contributed by atoms with E-state index in [2.05, 4.69) is 5.32 Å². The van der Waals surface area contributed by atoms with Crippen LogP contribution in [0, 0.1) is 0 Å². The molecule has 0 saturated heterocycles. The molecule has 0 bridgehead atoms. The number of nitrogens with one attached hydrogen (secondary N) is 1. The molecule has 0 rings (SSSR count). The van der Waals surface area contributed by atoms with Crippen LogP contribution in [0.4, 0.5) is 0 Å². The van der Waals surface area contributed by atoms with Crippen LogP contribution >= 0.6 is 0 Å². The van der Waals surface area contributed by atoms with Gasteiger partial charge in [-0.1, -0.05) is 13.8 Å². The molecular weight excluding hydrogens is 186 g/mol. The van der Waals surface area contributed by atoms with Crippen molar-refractivity contribution < 1.29 is 9.32 Å². The third-order valence-electron chi connectivity index (χ3n) is 2.34. The fraction of sp³-hybridized carbons (Fsp3) is 1.00. The van der Waals surface area contributed by atoms with Crippen molar-refractivity contribution in [1.29, 1.82) is 0 Å². The summed E-state index contributed by atoms with van der Waals surface area (Å²) in [7, 11) is -0.742. The van der Waals surface area contributed by atoms with E-state index in [1.54, 1.807) is 6.26 Å². The van der Waals surface area contributed by atoms with Crippen LogP contribution in [0.25, 0.3) is 0 Å². The van der Waals surface area contributed by atoms with Crippen molar-refractivity contribution >= 4 is 10.8 Å². The van der Waals surface area contributed by atoms with Crippen molar-refractivity contribution in [3.8, 4) is 0 Å². The van der Waals surface area contributed by atoms with Crippen molar-refractivity contribution in [3.05, 3.63) is 0 Å². The molecule has 3 nitrogen and oxygen atoms in total. The molecule has 80 valence electrons. The lowest BCUT2D eigenvalue weighted by Gasteiger charge is -2.25. The van der Waals surface area contributed by atoms with Crippen molar-refractivity contribution in [1.82, 2.24) is 5.32 Å². The Morgan fingerprint density at radius 3 is 2.31 bits per heavy atom. The molecule has 0 saturated carbocycles. The molecule has 0 aliphatic carbocycles. The lowest BCUT2D eigenvalue weighted by Crippen LogP contribution is -2.40. The molecule has 13 heavy (non-hydrogen) atoms. The first-order valence-corrected chi connectivity index (χ1v) is 6.50. The third-order valence-corrected chi connectivity index (χ3v) is 3.12. The average molecular weight is 207 g/mol. The second-order valence-electron chi connectivity index (χ2n) is 3.39. The van der Waals surface area contributed by atoms with Gasteiger partial charge in [-0.25, -0.2) is 0 Å². The van der Waals surface area contributed by atoms with Crippen molar-refractivity contribution in [2.24, 2.45) is 0 Å². The van der Waals surface area contributed by atoms with Crippen molar-refractivity contribution in [3.63, 3.8) is 0 Å². The summed E-state index contributed by atoms with van der Waals surface area (Å²) < 4.78 is 10.7. The van der Waals surface area contributed by atoms with Gasteiger partial charge in [-0.2, -0.15) is 0 Å². The van der Waals surface area contributed by atoms with E-state index in [-0.39, 0.29) is 0 Å². The van der Waals surface area contributed by atoms with Gasteiger partial charge in [0.2, 0.25) is 0 Å². The van der Waals surface area contributed by atoms with E-state index in [9.17, 15) is 9.32 Å². The second kappa shape index (κ2) is 6.51. The zero-order chi connectivity index (χ0) is 10.3. The summed E-state index contributed by atoms with van der Waals surface area (Å²) in [5.74, 6) is 0.656. The summed E-state index contributed by atoms with van der Waals surface area (Å²) in [6, 6.07) is 0. The van der Waals surface area contributed by atoms with Gasteiger partial charge >= 0.3 is 0 Å². The molecule has 0 aromatic rings. The third kappa shape index (κ3) is 6.18. The molecule has 0 heterocycles. The highest BCUT2D eigenvalue weighted by molar-refractivity contribution is 7.84. The van der Waals surface area contributed by atoms with Crippen LogP contribution in [0.15, 0.2) is 0 Å². The lowest BCUT2D eigenvalue weighted by atomic mass is 9.98. The van der Waals surface area contributed by atoms with Gasteiger partial charge in [0.15, 0.2) is 0 Å². The van der Waals surface area contributed by atoms with E-state index >= 15 is 0 Å². The smallest absolute Gasteiger partial charge is 0.0766 e. The minimum atomic E-state index is -0.742. The maximum absolute atomic E-state index is 10.7. The van der Waals surface area contributed by atoms with E-state index in [1.165, 1.54) is 0 Å². The summed E-state index contributed by atoms with van der Waals surface area (Å²) >= 11 is 0. The highest BCUT2D eigenvalue weighted by Crippen LogP contribution is 2.12. The summed E-state index contributed by atoms with van der Waals surface area (Å²) in [5.41, 5.74) is -0.588. The van der Waals surface area contributed by atoms with Gasteiger partial charge in [0.25, 0.3) is 0 Å². The topological polar surface area (TPSA) is 49.3 Å². The maximum Gasteiger partial charge on any atom is 0.0766 e. The van der Waals surface area contributed by atoms with Gasteiger partial charge in [-0.3, -0.25) is 4.21 Å². The Labute approximate surface area is 83.4 Å². The highest BCUT2D eigenvalue weighted by Gasteiger charge is 2.20. The van der Waals surface area contributed by atoms with Crippen LogP contribution in [0.3, 0.4) is 0 Å². The first-order chi connectivity index (χ1) is 6.04. The van der Waals surface area contributed by atoms with Crippen molar-refractivity contribution in [2.75, 3.05) is 25.1 Å². The van der Waals surface area contributed by atoms with Crippen LogP contribution in [-0.4, -0.2) is 40.0 Å². The zero-order valence-electron chi connectivity index (χ0n) is 8.80. The predicted molar refractivity (Wildman–Crippen MR) is 57.3 cm³/mol. The molecule has 0 aliphatic rings. The molecule has 4 heteroatoms. The predicted octanol–water partition coefficient (Wildman–Crippen LogP) is 0.506. The molecule has 0 radical (unpaired) electrons. The SMILES string of the molecule is CCC(O)(CC)CNCCS(C)=O. The van der Waals surface area contributed by atoms with Gasteiger partial charge in [0.1, 0.15) is 0 Å². The Morgan fingerprint density at radius 1 is 1.38 bits per heavy atom. The Kier molecular flexibility index (Phi) is 6.55. The largest absolute Gasteiger partial charge is 0.389 e. The number of hydrogen-bond acceptors (Lipinski definition) is 3. The van der Waals surface area contributed by atoms with E-state index in [1.807, 2.05) is 13.8 Å². The fourth-order valence-electron chi connectivity index (χ4n) is 1.04. The highest BCUT2D eigenvalue weighted by atomic mass is 32.2. The zero-order valence-corrected chi connectivity index (χ0v) is 9.62. The molecule has 0 aromatic heterocycles. The first-order valence-electron chi connectivity index (χ1n) is 4.77. The Balaban J connectivity index is 3.55. The van der Waals surface area contributed by atoms with Crippen molar-refractivity contribution in [2.45, 2.75) is 32.3 Å². The van der Waals surface area contributed by atoms with E-state index in [4.69, 9.17) is 0 Å². The van der Waals surface area contributed by atoms with Crippen LogP contribution in [0.1, 0.15) is 26.7 Å². The number of rotatable bonds is 7. The minimum Gasteiger partial charge on any atom is -0.389 e. The lowest BCUT2D eigenvalue weighted by molar-refractivity contribution is 0.0332. The van der Waals surface area contributed by atoms with E-state index in [0.29, 0.717) is 18.8 Å². The first kappa shape index (κ1) is 13.1. The molecule has 0 spiro atoms. The Morgan fingerprint density at radius 2 is 1.92 bits per heavy atom. The summed E-state index contributed by atoms with van der Waals surface area (Å²) in [6.45, 7) is 5.26. The summed E-state index contributed by atoms with van der Waals surface area (Å²) in [6.07, 6.45) is 3.20. The van der Waals surface area contributed by atoms with Crippen LogP contribution in [-0.2, 0) is 10.8 Å². The van der Waals surface area contributed by atoms with Crippen LogP contribution in [0.5, 0.6) is 0 Å². The molecule has 1 unspecified atom stereocenters. The second-order valence-corrected chi connectivity index (χ2v) is 4.94. The molecule has 0 aliphatic heterocycles. The Hall–Kier alpha value is 0.0700. The fourth-order valence-corrected chi connectivity index (χ4v) is 1.47. The molecule has 1 atom stereocenters. The molecule has 2 N–H and O–H groups in total. The number of hydrogen-bond donors (Lipinski definition) is 2. The monoisotopic (exact) mass is 207 g/mol. The van der Waals surface area contributed by atoms with Crippen LogP contribution in [0.2, 0.25) is 0 Å². The van der Waals surface area contributed by atoms with Crippen LogP contribution < -0.4 is 5.32 Å². The van der Waals surface area contributed by atoms with E-state index in [0.717, 1.165) is 12.8 Å². The summed E-state index contributed by atoms with van der Waals surface area (Å²) in [4.78, 5) is 0. The van der Waals surface area contributed by atoms with Gasteiger partial charge < -0.3 is 10.4 Å². The Bertz CT molecular complexity index is 158. The quantitative estimate of drug-likeness (QED) is 0.598. The minimum absolute atomic E-state index is 0.588. The van der Waals surface area contributed by atoms with Gasteiger partial charge in [-0.05, 0) is 12.8 Å². The van der Waals surface area contributed by atoms with E-state index < -0.39 is 16.4 Å². The molecule has 0 aromatic carbocycles. The van der Waals surface area contributed by atoms with Gasteiger partial charge in [0, 0.05) is 35.9 Å². The standard InChI is InChI=1S/C9H21NO2S/c1-4-9(11,5-2)8-10-6-7-13(3)12/h10-11H,4-8H2,1-3H3. The molecular formula is C9H21NO2S. The average Bonchev–Trinajstić information content (AvgIpc) is 2.12. The molecule has 0 amide bonds. The number of aliphatic hydroxyl groups is 1. The van der Waals surface area contributed by atoms with Gasteiger partial charge in [0.05, 0.1) is 5.60 Å². The normalized spacial score (nSPS) is 14.5.